The molecule has 100 valence electrons. The number of carbonyl (C=O) groups excluding carboxylic acids is 1. The molecular weight excluding hydrogens is 254 g/mol. The van der Waals surface area contributed by atoms with E-state index in [4.69, 9.17) is 22.1 Å². The van der Waals surface area contributed by atoms with E-state index in [1.54, 1.807) is 11.7 Å². The van der Waals surface area contributed by atoms with E-state index in [1.807, 2.05) is 6.92 Å². The Morgan fingerprint density at radius 1 is 1.61 bits per heavy atom. The molecule has 0 aliphatic carbocycles. The molecule has 0 radical (unpaired) electrons. The van der Waals surface area contributed by atoms with Crippen molar-refractivity contribution in [1.82, 2.24) is 9.78 Å². The molecule has 0 spiro atoms. The lowest BCUT2D eigenvalue weighted by molar-refractivity contribution is -0.122. The first kappa shape index (κ1) is 13.5. The van der Waals surface area contributed by atoms with Crippen molar-refractivity contribution in [3.05, 3.63) is 16.4 Å². The summed E-state index contributed by atoms with van der Waals surface area (Å²) in [6, 6.07) is -0.199. The van der Waals surface area contributed by atoms with Crippen LogP contribution >= 0.6 is 11.6 Å². The van der Waals surface area contributed by atoms with Gasteiger partial charge in [0.2, 0.25) is 0 Å². The molecule has 2 rings (SSSR count). The third-order valence-electron chi connectivity index (χ3n) is 3.38. The van der Waals surface area contributed by atoms with E-state index < -0.39 is 0 Å². The fraction of sp³-hybridized carbons (Fsp3) is 0.667. The third kappa shape index (κ3) is 2.43. The molecular formula is C12H18ClN3O2. The maximum Gasteiger partial charge on any atom is 0.145 e. The van der Waals surface area contributed by atoms with Crippen molar-refractivity contribution in [3.63, 3.8) is 0 Å². The normalized spacial score (nSPS) is 23.6. The van der Waals surface area contributed by atoms with Crippen molar-refractivity contribution in [2.45, 2.75) is 25.8 Å². The van der Waals surface area contributed by atoms with Crippen molar-refractivity contribution in [3.8, 4) is 0 Å². The minimum Gasteiger partial charge on any atom is -0.379 e. The summed E-state index contributed by atoms with van der Waals surface area (Å²) in [5.41, 5.74) is 7.43. The average molecular weight is 272 g/mol. The molecule has 5 nitrogen and oxygen atoms in total. The first-order valence-electron chi connectivity index (χ1n) is 6.10. The zero-order chi connectivity index (χ0) is 13.3. The first-order valence-corrected chi connectivity index (χ1v) is 6.48. The highest BCUT2D eigenvalue weighted by Crippen LogP contribution is 2.23. The molecule has 1 aliphatic rings. The predicted octanol–water partition coefficient (Wildman–Crippen LogP) is 0.721. The summed E-state index contributed by atoms with van der Waals surface area (Å²) in [5, 5.41) is 4.90. The highest BCUT2D eigenvalue weighted by atomic mass is 35.5. The lowest BCUT2D eigenvalue weighted by Gasteiger charge is -2.11. The van der Waals surface area contributed by atoms with Crippen LogP contribution in [0.1, 0.15) is 18.3 Å². The van der Waals surface area contributed by atoms with Gasteiger partial charge in [-0.25, -0.2) is 0 Å². The molecule has 1 aromatic rings. The smallest absolute Gasteiger partial charge is 0.145 e. The lowest BCUT2D eigenvalue weighted by atomic mass is 9.96. The Kier molecular flexibility index (Phi) is 4.04. The van der Waals surface area contributed by atoms with Gasteiger partial charge < -0.3 is 10.5 Å². The highest BCUT2D eigenvalue weighted by molar-refractivity contribution is 6.32. The fourth-order valence-corrected chi connectivity index (χ4v) is 2.57. The minimum absolute atomic E-state index is 0.0764. The van der Waals surface area contributed by atoms with E-state index in [0.29, 0.717) is 18.2 Å². The number of nitrogens with zero attached hydrogens (tertiary/aromatic N) is 2. The summed E-state index contributed by atoms with van der Waals surface area (Å²) < 4.78 is 6.89. The second-order valence-electron chi connectivity index (χ2n) is 4.64. The van der Waals surface area contributed by atoms with Gasteiger partial charge in [-0.15, -0.1) is 0 Å². The highest BCUT2D eigenvalue weighted by Gasteiger charge is 2.32. The van der Waals surface area contributed by atoms with Crippen LogP contribution in [0, 0.1) is 5.92 Å². The van der Waals surface area contributed by atoms with Crippen LogP contribution in [0.15, 0.2) is 0 Å². The zero-order valence-corrected chi connectivity index (χ0v) is 11.4. The first-order chi connectivity index (χ1) is 8.54. The Morgan fingerprint density at radius 3 is 2.83 bits per heavy atom. The summed E-state index contributed by atoms with van der Waals surface area (Å²) >= 11 is 6.22. The third-order valence-corrected chi connectivity index (χ3v) is 3.82. The van der Waals surface area contributed by atoms with Gasteiger partial charge in [-0.3, -0.25) is 9.48 Å². The maximum atomic E-state index is 12.2. The number of ketones is 1. The number of aromatic nitrogens is 2. The second kappa shape index (κ2) is 5.38. The second-order valence-corrected chi connectivity index (χ2v) is 5.01. The van der Waals surface area contributed by atoms with Gasteiger partial charge in [0, 0.05) is 13.1 Å². The maximum absolute atomic E-state index is 12.2. The summed E-state index contributed by atoms with van der Waals surface area (Å²) in [6.45, 7) is 2.85. The Hall–Kier alpha value is -0.910. The number of ether oxygens (including phenoxy) is 1. The molecule has 2 heterocycles. The van der Waals surface area contributed by atoms with Crippen LogP contribution < -0.4 is 5.73 Å². The quantitative estimate of drug-likeness (QED) is 0.876. The van der Waals surface area contributed by atoms with E-state index >= 15 is 0 Å². The van der Waals surface area contributed by atoms with Crippen LogP contribution in [0.5, 0.6) is 0 Å². The molecule has 0 aromatic carbocycles. The van der Waals surface area contributed by atoms with Gasteiger partial charge in [0.25, 0.3) is 0 Å². The standard InChI is InChI=1S/C12H18ClN3O2/c1-3-9-12(13)10(16(2)15-9)4-11(17)7-5-18-6-8(7)14/h7-8H,3-6,14H2,1-2H3. The molecule has 0 amide bonds. The number of rotatable bonds is 4. The topological polar surface area (TPSA) is 70.1 Å². The number of nitrogens with two attached hydrogens (primary N) is 1. The molecule has 1 aromatic heterocycles. The van der Waals surface area contributed by atoms with Crippen LogP contribution in [0.3, 0.4) is 0 Å². The molecule has 0 saturated carbocycles. The zero-order valence-electron chi connectivity index (χ0n) is 10.6. The van der Waals surface area contributed by atoms with Crippen LogP contribution in [0.4, 0.5) is 0 Å². The molecule has 6 heteroatoms. The molecule has 2 N–H and O–H groups in total. The van der Waals surface area contributed by atoms with Gasteiger partial charge in [-0.1, -0.05) is 18.5 Å². The number of halogens is 1. The van der Waals surface area contributed by atoms with E-state index in [2.05, 4.69) is 5.10 Å². The number of hydrogen-bond donors (Lipinski definition) is 1. The summed E-state index contributed by atoms with van der Waals surface area (Å²) in [4.78, 5) is 12.2. The molecule has 18 heavy (non-hydrogen) atoms. The minimum atomic E-state index is -0.221. The van der Waals surface area contributed by atoms with Crippen molar-refractivity contribution in [2.24, 2.45) is 18.7 Å². The van der Waals surface area contributed by atoms with Crippen molar-refractivity contribution in [1.29, 1.82) is 0 Å². The summed E-state index contributed by atoms with van der Waals surface area (Å²) in [6.07, 6.45) is 1.02. The van der Waals surface area contributed by atoms with Gasteiger partial charge in [0.05, 0.1) is 42.0 Å². The van der Waals surface area contributed by atoms with Gasteiger partial charge in [-0.2, -0.15) is 5.10 Å². The van der Waals surface area contributed by atoms with E-state index in [9.17, 15) is 4.79 Å². The van der Waals surface area contributed by atoms with Gasteiger partial charge in [0.1, 0.15) is 5.78 Å². The van der Waals surface area contributed by atoms with E-state index in [-0.39, 0.29) is 24.2 Å². The Morgan fingerprint density at radius 2 is 2.33 bits per heavy atom. The SMILES string of the molecule is CCc1nn(C)c(CC(=O)C2COCC2N)c1Cl. The molecule has 2 unspecified atom stereocenters. The monoisotopic (exact) mass is 271 g/mol. The molecule has 1 fully saturated rings. The van der Waals surface area contributed by atoms with Crippen molar-refractivity contribution >= 4 is 17.4 Å². The fourth-order valence-electron chi connectivity index (χ4n) is 2.21. The van der Waals surface area contributed by atoms with Crippen molar-refractivity contribution < 1.29 is 9.53 Å². The average Bonchev–Trinajstić information content (AvgIpc) is 2.87. The Balaban J connectivity index is 2.14. The molecule has 0 bridgehead atoms. The summed E-state index contributed by atoms with van der Waals surface area (Å²) in [7, 11) is 1.80. The van der Waals surface area contributed by atoms with Gasteiger partial charge in [0.15, 0.2) is 0 Å². The molecule has 2 atom stereocenters. The Labute approximate surface area is 111 Å². The molecule has 1 saturated heterocycles. The van der Waals surface area contributed by atoms with Gasteiger partial charge in [-0.05, 0) is 6.42 Å². The van der Waals surface area contributed by atoms with Crippen LogP contribution in [-0.2, 0) is 29.4 Å². The van der Waals surface area contributed by atoms with E-state index in [0.717, 1.165) is 17.8 Å². The number of Topliss-reactive ketones (excluding diaryl/α,β-unsaturated/α-hetero) is 1. The van der Waals surface area contributed by atoms with Crippen LogP contribution in [-0.4, -0.2) is 34.8 Å². The van der Waals surface area contributed by atoms with Crippen LogP contribution in [0.25, 0.3) is 0 Å². The van der Waals surface area contributed by atoms with Crippen molar-refractivity contribution in [2.75, 3.05) is 13.2 Å². The largest absolute Gasteiger partial charge is 0.379 e. The molecule has 1 aliphatic heterocycles. The lowest BCUT2D eigenvalue weighted by Crippen LogP contribution is -2.35. The van der Waals surface area contributed by atoms with Crippen LogP contribution in [0.2, 0.25) is 5.02 Å². The number of aryl methyl sites for hydroxylation is 2. The predicted molar refractivity (Wildman–Crippen MR) is 68.6 cm³/mol. The Bertz CT molecular complexity index is 458. The van der Waals surface area contributed by atoms with E-state index in [1.165, 1.54) is 0 Å². The number of carbonyl (C=O) groups is 1. The van der Waals surface area contributed by atoms with Gasteiger partial charge >= 0.3 is 0 Å². The summed E-state index contributed by atoms with van der Waals surface area (Å²) in [5.74, 6) is -0.145. The number of hydrogen-bond acceptors (Lipinski definition) is 4.